The third-order valence-corrected chi connectivity index (χ3v) is 4.04. The fraction of sp³-hybridized carbons (Fsp3) is 0.318. The van der Waals surface area contributed by atoms with Crippen molar-refractivity contribution in [3.05, 3.63) is 60.8 Å². The van der Waals surface area contributed by atoms with Crippen LogP contribution in [0.25, 0.3) is 0 Å². The summed E-state index contributed by atoms with van der Waals surface area (Å²) in [5.41, 5.74) is 0. The first-order valence-electron chi connectivity index (χ1n) is 9.71. The molecular weight excluding hydrogens is 420 g/mol. The minimum absolute atomic E-state index is 0.196. The lowest BCUT2D eigenvalue weighted by Crippen LogP contribution is -2.44. The smallest absolute Gasteiger partial charge is 0.326 e. The Morgan fingerprint density at radius 2 is 1.16 bits per heavy atom. The molecule has 5 N–H and O–H groups in total. The standard InChI is InChI=1S/C22H28N2O8/c1-3-15(2)20(22(31)32)24-18(26)13-11-9-7-5-4-6-8-10-12-17(25)23-16(21(29)30)14-19(27)28/h4-13,15-16,20H,3,14H2,1-2H3,(H,23,25)(H,24,26)(H,27,28)(H,29,30)(H,31,32). The van der Waals surface area contributed by atoms with Gasteiger partial charge in [0.05, 0.1) is 6.42 Å². The molecule has 10 nitrogen and oxygen atoms in total. The minimum atomic E-state index is -1.51. The second-order valence-electron chi connectivity index (χ2n) is 6.58. The van der Waals surface area contributed by atoms with Crippen LogP contribution < -0.4 is 10.6 Å². The molecule has 0 heterocycles. The van der Waals surface area contributed by atoms with E-state index in [0.29, 0.717) is 6.42 Å². The monoisotopic (exact) mass is 448 g/mol. The predicted octanol–water partition coefficient (Wildman–Crippen LogP) is 1.43. The second-order valence-corrected chi connectivity index (χ2v) is 6.58. The molecule has 0 aromatic heterocycles. The van der Waals surface area contributed by atoms with Crippen molar-refractivity contribution in [2.24, 2.45) is 5.92 Å². The van der Waals surface area contributed by atoms with E-state index < -0.39 is 48.2 Å². The van der Waals surface area contributed by atoms with Crippen LogP contribution in [-0.2, 0) is 24.0 Å². The number of aliphatic carboxylic acids is 3. The quantitative estimate of drug-likeness (QED) is 0.196. The first-order chi connectivity index (χ1) is 15.1. The Morgan fingerprint density at radius 3 is 1.53 bits per heavy atom. The normalized spacial score (nSPS) is 14.8. The van der Waals surface area contributed by atoms with Gasteiger partial charge in [-0.15, -0.1) is 0 Å². The summed E-state index contributed by atoms with van der Waals surface area (Å²) in [5.74, 6) is -5.32. The summed E-state index contributed by atoms with van der Waals surface area (Å²) in [6.07, 6.45) is 14.5. The van der Waals surface area contributed by atoms with E-state index >= 15 is 0 Å². The first-order valence-corrected chi connectivity index (χ1v) is 9.71. The van der Waals surface area contributed by atoms with Gasteiger partial charge in [0.1, 0.15) is 12.1 Å². The molecule has 0 radical (unpaired) electrons. The largest absolute Gasteiger partial charge is 0.481 e. The van der Waals surface area contributed by atoms with E-state index in [1.165, 1.54) is 24.3 Å². The second kappa shape index (κ2) is 15.8. The maximum absolute atomic E-state index is 11.8. The number of carboxylic acids is 3. The van der Waals surface area contributed by atoms with Gasteiger partial charge in [-0.3, -0.25) is 14.4 Å². The molecule has 174 valence electrons. The number of hydrogen-bond donors (Lipinski definition) is 5. The maximum atomic E-state index is 11.8. The average molecular weight is 448 g/mol. The molecule has 10 heteroatoms. The predicted molar refractivity (Wildman–Crippen MR) is 117 cm³/mol. The molecule has 3 unspecified atom stereocenters. The summed E-state index contributed by atoms with van der Waals surface area (Å²) in [6, 6.07) is -2.47. The highest BCUT2D eigenvalue weighted by atomic mass is 16.4. The molecule has 0 rings (SSSR count). The van der Waals surface area contributed by atoms with Gasteiger partial charge in [-0.25, -0.2) is 9.59 Å². The lowest BCUT2D eigenvalue weighted by atomic mass is 9.99. The summed E-state index contributed by atoms with van der Waals surface area (Å²) in [4.78, 5) is 55.9. The zero-order valence-electron chi connectivity index (χ0n) is 17.8. The van der Waals surface area contributed by atoms with E-state index in [2.05, 4.69) is 10.6 Å². The van der Waals surface area contributed by atoms with Crippen molar-refractivity contribution in [2.45, 2.75) is 38.8 Å². The Balaban J connectivity index is 4.45. The van der Waals surface area contributed by atoms with Gasteiger partial charge in [-0.2, -0.15) is 0 Å². The van der Waals surface area contributed by atoms with Crippen molar-refractivity contribution in [3.8, 4) is 0 Å². The van der Waals surface area contributed by atoms with Crippen molar-refractivity contribution >= 4 is 29.7 Å². The van der Waals surface area contributed by atoms with Gasteiger partial charge in [0.15, 0.2) is 0 Å². The summed E-state index contributed by atoms with van der Waals surface area (Å²) in [6.45, 7) is 3.59. The lowest BCUT2D eigenvalue weighted by Gasteiger charge is -2.19. The first kappa shape index (κ1) is 28.1. The lowest BCUT2D eigenvalue weighted by molar-refractivity contribution is -0.146. The minimum Gasteiger partial charge on any atom is -0.481 e. The van der Waals surface area contributed by atoms with E-state index in [4.69, 9.17) is 15.3 Å². The van der Waals surface area contributed by atoms with E-state index in [0.717, 1.165) is 6.08 Å². The van der Waals surface area contributed by atoms with Gasteiger partial charge in [-0.1, -0.05) is 68.9 Å². The Bertz CT molecular complexity index is 824. The molecule has 0 aromatic carbocycles. The fourth-order valence-electron chi connectivity index (χ4n) is 2.15. The Labute approximate surface area is 185 Å². The van der Waals surface area contributed by atoms with Crippen LogP contribution in [0.5, 0.6) is 0 Å². The molecule has 0 aliphatic carbocycles. The third kappa shape index (κ3) is 13.3. The van der Waals surface area contributed by atoms with Gasteiger partial charge in [0, 0.05) is 12.2 Å². The zero-order valence-corrected chi connectivity index (χ0v) is 17.8. The van der Waals surface area contributed by atoms with Crippen LogP contribution in [0.3, 0.4) is 0 Å². The number of carbonyl (C=O) groups is 5. The molecule has 0 saturated heterocycles. The van der Waals surface area contributed by atoms with Crippen molar-refractivity contribution < 1.29 is 39.3 Å². The summed E-state index contributed by atoms with van der Waals surface area (Å²) in [7, 11) is 0. The summed E-state index contributed by atoms with van der Waals surface area (Å²) >= 11 is 0. The highest BCUT2D eigenvalue weighted by Gasteiger charge is 2.24. The Hall–Kier alpha value is -3.95. The van der Waals surface area contributed by atoms with Gasteiger partial charge >= 0.3 is 17.9 Å². The Morgan fingerprint density at radius 1 is 0.719 bits per heavy atom. The van der Waals surface area contributed by atoms with Crippen LogP contribution in [0.2, 0.25) is 0 Å². The molecule has 32 heavy (non-hydrogen) atoms. The number of carbonyl (C=O) groups excluding carboxylic acids is 2. The third-order valence-electron chi connectivity index (χ3n) is 4.04. The number of allylic oxidation sites excluding steroid dienone is 8. The van der Waals surface area contributed by atoms with Crippen molar-refractivity contribution in [2.75, 3.05) is 0 Å². The summed E-state index contributed by atoms with van der Waals surface area (Å²) < 4.78 is 0. The number of carboxylic acid groups (broad SMARTS) is 3. The molecule has 0 bridgehead atoms. The highest BCUT2D eigenvalue weighted by Crippen LogP contribution is 2.07. The molecule has 0 spiro atoms. The van der Waals surface area contributed by atoms with Crippen LogP contribution in [0.1, 0.15) is 26.7 Å². The molecule has 0 aliphatic rings. The highest BCUT2D eigenvalue weighted by molar-refractivity contribution is 5.92. The van der Waals surface area contributed by atoms with E-state index in [1.807, 2.05) is 6.92 Å². The molecular formula is C22H28N2O8. The molecule has 0 fully saturated rings. The van der Waals surface area contributed by atoms with Gasteiger partial charge in [0.2, 0.25) is 11.8 Å². The Kier molecular flexibility index (Phi) is 13.9. The number of hydrogen-bond acceptors (Lipinski definition) is 5. The topological polar surface area (TPSA) is 170 Å². The zero-order chi connectivity index (χ0) is 24.5. The van der Waals surface area contributed by atoms with Gasteiger partial charge in [-0.05, 0) is 5.92 Å². The molecule has 3 atom stereocenters. The van der Waals surface area contributed by atoms with Gasteiger partial charge < -0.3 is 26.0 Å². The van der Waals surface area contributed by atoms with E-state index in [-0.39, 0.29) is 5.92 Å². The number of rotatable bonds is 14. The molecule has 0 aliphatic heterocycles. The number of nitrogens with one attached hydrogen (secondary N) is 2. The molecule has 0 aromatic rings. The SMILES string of the molecule is CCC(C)C(NC(=O)C=CC=CC=CC=CC=CC(=O)NC(CC(=O)O)C(=O)O)C(=O)O. The van der Waals surface area contributed by atoms with Gasteiger partial charge in [0.25, 0.3) is 0 Å². The van der Waals surface area contributed by atoms with Crippen molar-refractivity contribution in [3.63, 3.8) is 0 Å². The van der Waals surface area contributed by atoms with Crippen LogP contribution in [0.4, 0.5) is 0 Å². The fourth-order valence-corrected chi connectivity index (χ4v) is 2.15. The molecule has 0 saturated carbocycles. The van der Waals surface area contributed by atoms with E-state index in [9.17, 15) is 24.0 Å². The van der Waals surface area contributed by atoms with Crippen LogP contribution in [0.15, 0.2) is 60.8 Å². The van der Waals surface area contributed by atoms with Crippen molar-refractivity contribution in [1.82, 2.24) is 10.6 Å². The summed E-state index contributed by atoms with van der Waals surface area (Å²) in [5, 5.41) is 31.1. The van der Waals surface area contributed by atoms with Crippen molar-refractivity contribution in [1.29, 1.82) is 0 Å². The van der Waals surface area contributed by atoms with Crippen LogP contribution in [0, 0.1) is 5.92 Å². The number of amides is 2. The maximum Gasteiger partial charge on any atom is 0.326 e. The van der Waals surface area contributed by atoms with Crippen LogP contribution in [-0.4, -0.2) is 57.1 Å². The van der Waals surface area contributed by atoms with Crippen LogP contribution >= 0.6 is 0 Å². The molecule has 2 amide bonds. The average Bonchev–Trinajstić information content (AvgIpc) is 2.71. The van der Waals surface area contributed by atoms with E-state index in [1.54, 1.807) is 37.3 Å².